The lowest BCUT2D eigenvalue weighted by Crippen LogP contribution is -1.97. The summed E-state index contributed by atoms with van der Waals surface area (Å²) in [5, 5.41) is 3.50. The third kappa shape index (κ3) is 0.646. The van der Waals surface area contributed by atoms with E-state index in [1.54, 1.807) is 0 Å². The molecular formula is C5H10N2. The van der Waals surface area contributed by atoms with Gasteiger partial charge in [-0.1, -0.05) is 6.92 Å². The fourth-order valence-electron chi connectivity index (χ4n) is 0.689. The normalized spacial score (nSPS) is 24.1. The summed E-state index contributed by atoms with van der Waals surface area (Å²) in [6, 6.07) is 0. The van der Waals surface area contributed by atoms with Crippen molar-refractivity contribution in [2.45, 2.75) is 31.7 Å². The standard InChI is InChI=1S/C5H10N2/c1-2-5(7-6)3-4-5/h6H,2-4H2,1H3. The molecule has 0 heterocycles. The predicted molar refractivity (Wildman–Crippen MR) is 27.4 cm³/mol. The Hall–Kier alpha value is -0.400. The van der Waals surface area contributed by atoms with Crippen molar-refractivity contribution in [3.05, 3.63) is 0 Å². The van der Waals surface area contributed by atoms with E-state index in [1.165, 1.54) is 0 Å². The summed E-state index contributed by atoms with van der Waals surface area (Å²) in [6.07, 6.45) is 3.34. The molecule has 0 spiro atoms. The lowest BCUT2D eigenvalue weighted by Gasteiger charge is -1.97. The predicted octanol–water partition coefficient (Wildman–Crippen LogP) is 1.96. The van der Waals surface area contributed by atoms with Crippen molar-refractivity contribution in [3.8, 4) is 0 Å². The molecule has 2 heteroatoms. The third-order valence-electron chi connectivity index (χ3n) is 1.72. The van der Waals surface area contributed by atoms with Crippen LogP contribution in [0.1, 0.15) is 26.2 Å². The van der Waals surface area contributed by atoms with E-state index in [1.807, 2.05) is 0 Å². The topological polar surface area (TPSA) is 36.2 Å². The highest BCUT2D eigenvalue weighted by Crippen LogP contribution is 2.42. The highest BCUT2D eigenvalue weighted by Gasteiger charge is 2.40. The van der Waals surface area contributed by atoms with Gasteiger partial charge >= 0.3 is 0 Å². The SMILES string of the molecule is CCC1(N=N)CC1. The Kier molecular flexibility index (Phi) is 0.873. The van der Waals surface area contributed by atoms with Crippen molar-refractivity contribution in [3.63, 3.8) is 0 Å². The first-order chi connectivity index (χ1) is 3.33. The Morgan fingerprint density at radius 3 is 2.29 bits per heavy atom. The summed E-state index contributed by atoms with van der Waals surface area (Å²) in [5.74, 6) is 0. The van der Waals surface area contributed by atoms with Crippen molar-refractivity contribution in [1.29, 1.82) is 5.53 Å². The summed E-state index contributed by atoms with van der Waals surface area (Å²) >= 11 is 0. The summed E-state index contributed by atoms with van der Waals surface area (Å²) < 4.78 is 0. The van der Waals surface area contributed by atoms with Crippen LogP contribution in [0.15, 0.2) is 5.11 Å². The summed E-state index contributed by atoms with van der Waals surface area (Å²) in [4.78, 5) is 0. The van der Waals surface area contributed by atoms with Gasteiger partial charge in [-0.3, -0.25) is 0 Å². The maximum atomic E-state index is 6.69. The molecule has 40 valence electrons. The van der Waals surface area contributed by atoms with Gasteiger partial charge in [0.1, 0.15) is 0 Å². The van der Waals surface area contributed by atoms with Gasteiger partial charge in [0, 0.05) is 0 Å². The minimum absolute atomic E-state index is 0.125. The summed E-state index contributed by atoms with van der Waals surface area (Å²) in [5.41, 5.74) is 6.82. The van der Waals surface area contributed by atoms with Gasteiger partial charge in [-0.15, -0.1) is 0 Å². The van der Waals surface area contributed by atoms with Gasteiger partial charge in [-0.2, -0.15) is 5.11 Å². The second-order valence-corrected chi connectivity index (χ2v) is 2.19. The molecule has 0 aliphatic heterocycles. The van der Waals surface area contributed by atoms with Crippen LogP contribution in [0.3, 0.4) is 0 Å². The largest absolute Gasteiger partial charge is 0.209 e. The van der Waals surface area contributed by atoms with Gasteiger partial charge < -0.3 is 0 Å². The van der Waals surface area contributed by atoms with Gasteiger partial charge in [0.2, 0.25) is 0 Å². The van der Waals surface area contributed by atoms with Crippen LogP contribution in [0, 0.1) is 5.53 Å². The van der Waals surface area contributed by atoms with Crippen LogP contribution in [-0.2, 0) is 0 Å². The van der Waals surface area contributed by atoms with Gasteiger partial charge in [0.15, 0.2) is 0 Å². The van der Waals surface area contributed by atoms with E-state index in [0.717, 1.165) is 19.3 Å². The fraction of sp³-hybridized carbons (Fsp3) is 1.00. The molecule has 0 radical (unpaired) electrons. The monoisotopic (exact) mass is 98.1 g/mol. The minimum atomic E-state index is 0.125. The summed E-state index contributed by atoms with van der Waals surface area (Å²) in [7, 11) is 0. The van der Waals surface area contributed by atoms with E-state index in [9.17, 15) is 0 Å². The molecule has 1 rings (SSSR count). The van der Waals surface area contributed by atoms with E-state index >= 15 is 0 Å². The minimum Gasteiger partial charge on any atom is -0.209 e. The van der Waals surface area contributed by atoms with Gasteiger partial charge in [0.25, 0.3) is 0 Å². The van der Waals surface area contributed by atoms with Gasteiger partial charge in [-0.05, 0) is 19.3 Å². The molecule has 0 bridgehead atoms. The van der Waals surface area contributed by atoms with E-state index in [4.69, 9.17) is 5.53 Å². The van der Waals surface area contributed by atoms with Crippen molar-refractivity contribution in [2.75, 3.05) is 0 Å². The van der Waals surface area contributed by atoms with Crippen molar-refractivity contribution in [2.24, 2.45) is 5.11 Å². The maximum absolute atomic E-state index is 6.69. The second-order valence-electron chi connectivity index (χ2n) is 2.19. The van der Waals surface area contributed by atoms with Crippen LogP contribution in [0.5, 0.6) is 0 Å². The van der Waals surface area contributed by atoms with Crippen molar-refractivity contribution in [1.82, 2.24) is 0 Å². The molecule has 1 aliphatic rings. The molecule has 2 nitrogen and oxygen atoms in total. The number of hydrogen-bond acceptors (Lipinski definition) is 2. The van der Waals surface area contributed by atoms with Crippen LogP contribution in [0.4, 0.5) is 0 Å². The number of rotatable bonds is 2. The number of hydrogen-bond donors (Lipinski definition) is 1. The Balaban J connectivity index is 2.42. The zero-order valence-corrected chi connectivity index (χ0v) is 4.57. The van der Waals surface area contributed by atoms with E-state index in [0.29, 0.717) is 0 Å². The molecule has 0 atom stereocenters. The lowest BCUT2D eigenvalue weighted by atomic mass is 10.2. The van der Waals surface area contributed by atoms with Crippen LogP contribution in [0.25, 0.3) is 0 Å². The average molecular weight is 98.1 g/mol. The summed E-state index contributed by atoms with van der Waals surface area (Å²) in [6.45, 7) is 2.09. The van der Waals surface area contributed by atoms with Crippen LogP contribution in [-0.4, -0.2) is 5.54 Å². The van der Waals surface area contributed by atoms with Gasteiger partial charge in [-0.25, -0.2) is 5.53 Å². The maximum Gasteiger partial charge on any atom is 0.0812 e. The molecule has 7 heavy (non-hydrogen) atoms. The fourth-order valence-corrected chi connectivity index (χ4v) is 0.689. The smallest absolute Gasteiger partial charge is 0.0812 e. The lowest BCUT2D eigenvalue weighted by molar-refractivity contribution is 0.601. The first kappa shape index (κ1) is 4.75. The highest BCUT2D eigenvalue weighted by atomic mass is 15.1. The Labute approximate surface area is 43.4 Å². The van der Waals surface area contributed by atoms with Gasteiger partial charge in [0.05, 0.1) is 5.54 Å². The van der Waals surface area contributed by atoms with Crippen molar-refractivity contribution >= 4 is 0 Å². The second kappa shape index (κ2) is 1.29. The Morgan fingerprint density at radius 2 is 2.29 bits per heavy atom. The zero-order valence-electron chi connectivity index (χ0n) is 4.57. The third-order valence-corrected chi connectivity index (χ3v) is 1.72. The van der Waals surface area contributed by atoms with Crippen molar-refractivity contribution < 1.29 is 0 Å². The highest BCUT2D eigenvalue weighted by molar-refractivity contribution is 4.98. The Bertz CT molecular complexity index is 84.1. The van der Waals surface area contributed by atoms with E-state index < -0.39 is 0 Å². The molecule has 0 aromatic heterocycles. The number of nitrogens with zero attached hydrogens (tertiary/aromatic N) is 1. The molecule has 1 saturated carbocycles. The molecule has 0 unspecified atom stereocenters. The average Bonchev–Trinajstić information content (AvgIpc) is 2.46. The van der Waals surface area contributed by atoms with Crippen LogP contribution in [0.2, 0.25) is 0 Å². The van der Waals surface area contributed by atoms with Crippen LogP contribution >= 0.6 is 0 Å². The molecule has 1 N–H and O–H groups in total. The Morgan fingerprint density at radius 1 is 1.71 bits per heavy atom. The first-order valence-corrected chi connectivity index (χ1v) is 2.71. The molecule has 0 aromatic carbocycles. The van der Waals surface area contributed by atoms with E-state index in [-0.39, 0.29) is 5.54 Å². The molecule has 0 aromatic rings. The molecule has 1 fully saturated rings. The van der Waals surface area contributed by atoms with Crippen LogP contribution < -0.4 is 0 Å². The quantitative estimate of drug-likeness (QED) is 0.512. The van der Waals surface area contributed by atoms with E-state index in [2.05, 4.69) is 12.0 Å². The first-order valence-electron chi connectivity index (χ1n) is 2.71. The molecule has 0 saturated heterocycles. The molecule has 1 aliphatic carbocycles. The zero-order chi connectivity index (χ0) is 5.33. The molecular weight excluding hydrogens is 88.1 g/mol. The number of nitrogens with one attached hydrogen (secondary N) is 1. The molecule has 0 amide bonds.